The van der Waals surface area contributed by atoms with Gasteiger partial charge in [-0.1, -0.05) is 6.92 Å². The molecule has 13 heavy (non-hydrogen) atoms. The molecule has 0 spiro atoms. The van der Waals surface area contributed by atoms with E-state index in [9.17, 15) is 0 Å². The minimum Gasteiger partial charge on any atom is -0.308 e. The molecule has 1 aromatic rings. The lowest BCUT2D eigenvalue weighted by Crippen LogP contribution is -2.12. The summed E-state index contributed by atoms with van der Waals surface area (Å²) < 4.78 is 0. The van der Waals surface area contributed by atoms with Gasteiger partial charge in [0, 0.05) is 4.88 Å². The lowest BCUT2D eigenvalue weighted by molar-refractivity contribution is 0.640. The monoisotopic (exact) mass is 196 g/mol. The lowest BCUT2D eigenvalue weighted by Gasteiger charge is -2.04. The maximum absolute atomic E-state index is 4.67. The largest absolute Gasteiger partial charge is 0.308 e. The van der Waals surface area contributed by atoms with Crippen LogP contribution in [0.15, 0.2) is 0 Å². The minimum absolute atomic E-state index is 0.545. The van der Waals surface area contributed by atoms with E-state index in [1.807, 2.05) is 11.3 Å². The molecule has 0 aromatic carbocycles. The molecule has 0 aliphatic carbocycles. The van der Waals surface area contributed by atoms with Gasteiger partial charge in [0.2, 0.25) is 0 Å². The Kier molecular flexibility index (Phi) is 2.65. The minimum atomic E-state index is 0.545. The van der Waals surface area contributed by atoms with Crippen LogP contribution in [-0.4, -0.2) is 11.5 Å². The summed E-state index contributed by atoms with van der Waals surface area (Å²) in [5.74, 6) is 0. The predicted octanol–water partition coefficient (Wildman–Crippen LogP) is 2.44. The van der Waals surface area contributed by atoms with Crippen LogP contribution in [0.1, 0.15) is 41.4 Å². The summed E-state index contributed by atoms with van der Waals surface area (Å²) in [6.07, 6.45) is 3.62. The first-order valence-electron chi connectivity index (χ1n) is 5.01. The summed E-state index contributed by atoms with van der Waals surface area (Å²) in [5, 5.41) is 4.78. The summed E-state index contributed by atoms with van der Waals surface area (Å²) in [4.78, 5) is 6.06. The van der Waals surface area contributed by atoms with Crippen LogP contribution < -0.4 is 5.32 Å². The van der Waals surface area contributed by atoms with Gasteiger partial charge in [0.25, 0.3) is 0 Å². The Labute approximate surface area is 83.4 Å². The molecule has 2 nitrogen and oxygen atoms in total. The molecular weight excluding hydrogens is 180 g/mol. The van der Waals surface area contributed by atoms with Crippen molar-refractivity contribution in [3.8, 4) is 0 Å². The molecule has 1 atom stereocenters. The number of rotatable bonds is 2. The van der Waals surface area contributed by atoms with Crippen LogP contribution in [0.2, 0.25) is 0 Å². The second-order valence-electron chi connectivity index (χ2n) is 3.56. The molecule has 0 radical (unpaired) electrons. The van der Waals surface area contributed by atoms with Crippen LogP contribution in [0.4, 0.5) is 0 Å². The highest BCUT2D eigenvalue weighted by molar-refractivity contribution is 7.11. The summed E-state index contributed by atoms with van der Waals surface area (Å²) in [6, 6.07) is 0.545. The van der Waals surface area contributed by atoms with Gasteiger partial charge < -0.3 is 5.32 Å². The SMILES string of the molecule is CCc1nc(C2CCCN2)sc1C. The van der Waals surface area contributed by atoms with E-state index in [1.54, 1.807) is 0 Å². The van der Waals surface area contributed by atoms with E-state index in [0.29, 0.717) is 6.04 Å². The molecule has 0 saturated carbocycles. The highest BCUT2D eigenvalue weighted by atomic mass is 32.1. The van der Waals surface area contributed by atoms with Crippen molar-refractivity contribution in [2.24, 2.45) is 0 Å². The Morgan fingerprint density at radius 3 is 3.00 bits per heavy atom. The zero-order chi connectivity index (χ0) is 9.26. The number of thiazole rings is 1. The van der Waals surface area contributed by atoms with Crippen LogP contribution in [0, 0.1) is 6.92 Å². The molecule has 2 heterocycles. The summed E-state index contributed by atoms with van der Waals surface area (Å²) in [7, 11) is 0. The molecule has 1 unspecified atom stereocenters. The standard InChI is InChI=1S/C10H16N2S/c1-3-8-7(2)13-10(12-8)9-5-4-6-11-9/h9,11H,3-6H2,1-2H3. The van der Waals surface area contributed by atoms with E-state index in [4.69, 9.17) is 0 Å². The van der Waals surface area contributed by atoms with Crippen LogP contribution in [0.3, 0.4) is 0 Å². The van der Waals surface area contributed by atoms with Gasteiger partial charge in [-0.2, -0.15) is 0 Å². The molecule has 2 rings (SSSR count). The quantitative estimate of drug-likeness (QED) is 0.786. The summed E-state index contributed by atoms with van der Waals surface area (Å²) >= 11 is 1.86. The number of nitrogens with one attached hydrogen (secondary N) is 1. The first-order valence-corrected chi connectivity index (χ1v) is 5.82. The molecule has 1 aromatic heterocycles. The van der Waals surface area contributed by atoms with E-state index < -0.39 is 0 Å². The third-order valence-corrected chi connectivity index (χ3v) is 3.73. The lowest BCUT2D eigenvalue weighted by atomic mass is 10.2. The Bertz CT molecular complexity index is 287. The van der Waals surface area contributed by atoms with E-state index in [1.165, 1.54) is 28.4 Å². The van der Waals surface area contributed by atoms with Crippen molar-refractivity contribution < 1.29 is 0 Å². The fourth-order valence-corrected chi connectivity index (χ4v) is 2.94. The van der Waals surface area contributed by atoms with Gasteiger partial charge in [-0.3, -0.25) is 0 Å². The van der Waals surface area contributed by atoms with Crippen molar-refractivity contribution in [1.82, 2.24) is 10.3 Å². The maximum Gasteiger partial charge on any atom is 0.110 e. The van der Waals surface area contributed by atoms with Gasteiger partial charge in [0.1, 0.15) is 5.01 Å². The average Bonchev–Trinajstić information content (AvgIpc) is 2.71. The van der Waals surface area contributed by atoms with Crippen LogP contribution in [0.25, 0.3) is 0 Å². The highest BCUT2D eigenvalue weighted by Gasteiger charge is 2.20. The predicted molar refractivity (Wildman–Crippen MR) is 56.2 cm³/mol. The third kappa shape index (κ3) is 1.76. The average molecular weight is 196 g/mol. The van der Waals surface area contributed by atoms with Crippen molar-refractivity contribution in [2.75, 3.05) is 6.54 Å². The first-order chi connectivity index (χ1) is 6.31. The van der Waals surface area contributed by atoms with Gasteiger partial charge in [0.15, 0.2) is 0 Å². The molecule has 0 amide bonds. The number of hydrogen-bond acceptors (Lipinski definition) is 3. The van der Waals surface area contributed by atoms with Gasteiger partial charge in [-0.25, -0.2) is 4.98 Å². The van der Waals surface area contributed by atoms with Crippen LogP contribution >= 0.6 is 11.3 Å². The van der Waals surface area contributed by atoms with E-state index in [0.717, 1.165) is 13.0 Å². The van der Waals surface area contributed by atoms with Crippen molar-refractivity contribution in [3.63, 3.8) is 0 Å². The Morgan fingerprint density at radius 2 is 2.46 bits per heavy atom. The number of nitrogens with zero attached hydrogens (tertiary/aromatic N) is 1. The Balaban J connectivity index is 2.20. The Hall–Kier alpha value is -0.410. The van der Waals surface area contributed by atoms with Crippen molar-refractivity contribution in [2.45, 2.75) is 39.2 Å². The van der Waals surface area contributed by atoms with E-state index >= 15 is 0 Å². The molecule has 3 heteroatoms. The maximum atomic E-state index is 4.67. The third-order valence-electron chi connectivity index (χ3n) is 2.60. The van der Waals surface area contributed by atoms with Crippen LogP contribution in [0.5, 0.6) is 0 Å². The summed E-state index contributed by atoms with van der Waals surface area (Å²) in [6.45, 7) is 5.51. The zero-order valence-electron chi connectivity index (χ0n) is 8.26. The van der Waals surface area contributed by atoms with Crippen molar-refractivity contribution in [3.05, 3.63) is 15.6 Å². The van der Waals surface area contributed by atoms with E-state index in [-0.39, 0.29) is 0 Å². The first kappa shape index (κ1) is 9.16. The molecule has 1 aliphatic heterocycles. The zero-order valence-corrected chi connectivity index (χ0v) is 9.08. The molecular formula is C10H16N2S. The van der Waals surface area contributed by atoms with Gasteiger partial charge in [0.05, 0.1) is 11.7 Å². The molecule has 1 saturated heterocycles. The van der Waals surface area contributed by atoms with Crippen molar-refractivity contribution in [1.29, 1.82) is 0 Å². The summed E-state index contributed by atoms with van der Waals surface area (Å²) in [5.41, 5.74) is 1.29. The van der Waals surface area contributed by atoms with Gasteiger partial charge in [-0.15, -0.1) is 11.3 Å². The number of aryl methyl sites for hydroxylation is 2. The number of hydrogen-bond donors (Lipinski definition) is 1. The smallest absolute Gasteiger partial charge is 0.110 e. The van der Waals surface area contributed by atoms with Crippen molar-refractivity contribution >= 4 is 11.3 Å². The fourth-order valence-electron chi connectivity index (χ4n) is 1.82. The normalized spacial score (nSPS) is 22.5. The van der Waals surface area contributed by atoms with Gasteiger partial charge >= 0.3 is 0 Å². The second-order valence-corrected chi connectivity index (χ2v) is 4.79. The van der Waals surface area contributed by atoms with E-state index in [2.05, 4.69) is 24.1 Å². The molecule has 0 bridgehead atoms. The highest BCUT2D eigenvalue weighted by Crippen LogP contribution is 2.28. The molecule has 1 aliphatic rings. The Morgan fingerprint density at radius 1 is 1.62 bits per heavy atom. The van der Waals surface area contributed by atoms with Gasteiger partial charge in [-0.05, 0) is 32.7 Å². The molecule has 1 fully saturated rings. The fraction of sp³-hybridized carbons (Fsp3) is 0.700. The topological polar surface area (TPSA) is 24.9 Å². The molecule has 1 N–H and O–H groups in total. The number of aromatic nitrogens is 1. The van der Waals surface area contributed by atoms with Crippen LogP contribution in [-0.2, 0) is 6.42 Å². The second kappa shape index (κ2) is 3.76. The molecule has 72 valence electrons.